The summed E-state index contributed by atoms with van der Waals surface area (Å²) in [7, 11) is 0. The van der Waals surface area contributed by atoms with Crippen LogP contribution in [0.1, 0.15) is 34.3 Å². The van der Waals surface area contributed by atoms with Crippen molar-refractivity contribution in [2.75, 3.05) is 44.7 Å². The molecule has 1 aromatic heterocycles. The third kappa shape index (κ3) is 6.58. The summed E-state index contributed by atoms with van der Waals surface area (Å²) < 4.78 is 56.3. The van der Waals surface area contributed by atoms with Crippen LogP contribution in [0.5, 0.6) is 5.88 Å². The summed E-state index contributed by atoms with van der Waals surface area (Å²) in [4.78, 5) is 26.4. The number of aromatic nitrogens is 1. The molecule has 0 spiro atoms. The molecule has 2 heterocycles. The zero-order valence-corrected chi connectivity index (χ0v) is 19.4. The van der Waals surface area contributed by atoms with E-state index in [1.165, 1.54) is 6.92 Å². The van der Waals surface area contributed by atoms with Gasteiger partial charge < -0.3 is 20.5 Å². The van der Waals surface area contributed by atoms with Crippen molar-refractivity contribution in [1.29, 1.82) is 0 Å². The second-order valence-electron chi connectivity index (χ2n) is 7.67. The number of unbranched alkanes of at least 4 members (excludes halogenated alkanes) is 1. The van der Waals surface area contributed by atoms with Crippen molar-refractivity contribution in [3.8, 4) is 5.88 Å². The molecule has 0 radical (unpaired) electrons. The maximum absolute atomic E-state index is 14.1. The van der Waals surface area contributed by atoms with Crippen LogP contribution in [0.15, 0.2) is 6.07 Å². The number of morpholine rings is 1. The normalized spacial score (nSPS) is 14.1. The second kappa shape index (κ2) is 12.0. The number of nitrogens with two attached hydrogens (primary N) is 1. The molecule has 4 N–H and O–H groups in total. The van der Waals surface area contributed by atoms with Crippen LogP contribution in [0.2, 0.25) is 0 Å². The predicted molar refractivity (Wildman–Crippen MR) is 120 cm³/mol. The van der Waals surface area contributed by atoms with E-state index in [1.807, 2.05) is 0 Å². The summed E-state index contributed by atoms with van der Waals surface area (Å²) in [5, 5.41) is 5.18. The lowest BCUT2D eigenvalue weighted by Crippen LogP contribution is -2.37. The van der Waals surface area contributed by atoms with Gasteiger partial charge in [-0.3, -0.25) is 15.0 Å². The molecule has 0 atom stereocenters. The van der Waals surface area contributed by atoms with Gasteiger partial charge in [0.25, 0.3) is 5.91 Å². The molecular weight excluding hydrogens is 475 g/mol. The van der Waals surface area contributed by atoms with E-state index in [2.05, 4.69) is 19.9 Å². The number of rotatable bonds is 10. The monoisotopic (exact) mass is 501 g/mol. The number of urea groups is 1. The summed E-state index contributed by atoms with van der Waals surface area (Å²) in [5.74, 6) is -4.87. The van der Waals surface area contributed by atoms with Crippen LogP contribution in [0.3, 0.4) is 0 Å². The van der Waals surface area contributed by atoms with Gasteiger partial charge in [-0.25, -0.2) is 18.0 Å². The second-order valence-corrected chi connectivity index (χ2v) is 8.44. The molecular formula is C21H26F3N5O4S. The van der Waals surface area contributed by atoms with E-state index in [0.717, 1.165) is 51.8 Å². The number of ether oxygens (including phenoxy) is 2. The first-order valence-electron chi connectivity index (χ1n) is 10.7. The lowest BCUT2D eigenvalue weighted by atomic mass is 10.1. The first kappa shape index (κ1) is 25.7. The Labute approximate surface area is 198 Å². The molecule has 1 aliphatic rings. The molecule has 1 saturated heterocycles. The fourth-order valence-corrected chi connectivity index (χ4v) is 4.07. The number of benzene rings is 1. The van der Waals surface area contributed by atoms with Gasteiger partial charge in [0, 0.05) is 19.6 Å². The number of hydrogen-bond acceptors (Lipinski definition) is 7. The van der Waals surface area contributed by atoms with Crippen LogP contribution in [0, 0.1) is 24.4 Å². The van der Waals surface area contributed by atoms with Gasteiger partial charge in [-0.05, 0) is 49.5 Å². The zero-order chi connectivity index (χ0) is 24.7. The highest BCUT2D eigenvalue weighted by atomic mass is 32.1. The van der Waals surface area contributed by atoms with Crippen LogP contribution in [-0.2, 0) is 11.3 Å². The Bertz CT molecular complexity index is 1030. The van der Waals surface area contributed by atoms with Gasteiger partial charge in [0.05, 0.1) is 18.8 Å². The summed E-state index contributed by atoms with van der Waals surface area (Å²) in [6.07, 6.45) is 1.66. The topological polar surface area (TPSA) is 119 Å². The minimum absolute atomic E-state index is 0.0179. The molecule has 1 aliphatic heterocycles. The number of anilines is 1. The number of hydrogen-bond donors (Lipinski definition) is 3. The van der Waals surface area contributed by atoms with Crippen LogP contribution in [0.25, 0.3) is 0 Å². The number of primary amides is 1. The largest absolute Gasteiger partial charge is 0.471 e. The van der Waals surface area contributed by atoms with Gasteiger partial charge in [-0.1, -0.05) is 0 Å². The lowest BCUT2D eigenvalue weighted by Gasteiger charge is -2.26. The highest BCUT2D eigenvalue weighted by Crippen LogP contribution is 2.31. The molecule has 9 nitrogen and oxygen atoms in total. The van der Waals surface area contributed by atoms with Gasteiger partial charge in [0.2, 0.25) is 5.88 Å². The van der Waals surface area contributed by atoms with Crippen LogP contribution in [0.4, 0.5) is 23.0 Å². The van der Waals surface area contributed by atoms with E-state index in [4.69, 9.17) is 15.2 Å². The quantitative estimate of drug-likeness (QED) is 0.340. The molecule has 3 rings (SSSR count). The highest BCUT2D eigenvalue weighted by molar-refractivity contribution is 7.11. The third-order valence-electron chi connectivity index (χ3n) is 5.21. The fourth-order valence-electron chi connectivity index (χ4n) is 3.33. The lowest BCUT2D eigenvalue weighted by molar-refractivity contribution is 0.0372. The molecule has 3 amide bonds. The molecule has 0 saturated carbocycles. The fraction of sp³-hybridized carbons (Fsp3) is 0.476. The average molecular weight is 502 g/mol. The van der Waals surface area contributed by atoms with Crippen LogP contribution >= 0.6 is 11.5 Å². The average Bonchev–Trinajstić information content (AvgIpc) is 3.20. The van der Waals surface area contributed by atoms with Crippen molar-refractivity contribution >= 4 is 28.5 Å². The molecule has 2 aromatic rings. The van der Waals surface area contributed by atoms with E-state index >= 15 is 0 Å². The Morgan fingerprint density at radius 1 is 1.24 bits per heavy atom. The maximum Gasteiger partial charge on any atom is 0.319 e. The SMILES string of the molecule is Cc1cc(F)c(COc2nsc(NC(=O)NCCCCN3CCOCC3)c2C(N)=O)c(F)c1F. The molecule has 1 fully saturated rings. The molecule has 0 unspecified atom stereocenters. The van der Waals surface area contributed by atoms with Crippen molar-refractivity contribution in [2.24, 2.45) is 5.73 Å². The summed E-state index contributed by atoms with van der Waals surface area (Å²) in [5.41, 5.74) is 4.28. The number of amides is 3. The van der Waals surface area contributed by atoms with E-state index in [1.54, 1.807) is 0 Å². The van der Waals surface area contributed by atoms with Crippen molar-refractivity contribution in [3.05, 3.63) is 40.2 Å². The van der Waals surface area contributed by atoms with E-state index in [0.29, 0.717) is 18.1 Å². The predicted octanol–water partition coefficient (Wildman–Crippen LogP) is 2.78. The number of carbonyl (C=O) groups excluding carboxylic acids is 2. The van der Waals surface area contributed by atoms with Crippen molar-refractivity contribution in [1.82, 2.24) is 14.6 Å². The number of halogens is 3. The van der Waals surface area contributed by atoms with Gasteiger partial charge in [-0.15, -0.1) is 0 Å². The smallest absolute Gasteiger partial charge is 0.319 e. The number of nitrogens with one attached hydrogen (secondary N) is 2. The van der Waals surface area contributed by atoms with Gasteiger partial charge in [-0.2, -0.15) is 4.37 Å². The van der Waals surface area contributed by atoms with Crippen LogP contribution in [-0.4, -0.2) is 60.6 Å². The molecule has 13 heteroatoms. The molecule has 0 aliphatic carbocycles. The molecule has 1 aromatic carbocycles. The van der Waals surface area contributed by atoms with Crippen molar-refractivity contribution < 1.29 is 32.2 Å². The number of aryl methyl sites for hydroxylation is 1. The van der Waals surface area contributed by atoms with E-state index in [9.17, 15) is 22.8 Å². The summed E-state index contributed by atoms with van der Waals surface area (Å²) in [6.45, 7) is 5.10. The molecule has 0 bridgehead atoms. The Kier molecular flexibility index (Phi) is 9.07. The Balaban J connectivity index is 1.53. The highest BCUT2D eigenvalue weighted by Gasteiger charge is 2.24. The van der Waals surface area contributed by atoms with Gasteiger partial charge >= 0.3 is 6.03 Å². The summed E-state index contributed by atoms with van der Waals surface area (Å²) >= 11 is 0.717. The van der Waals surface area contributed by atoms with Crippen LogP contribution < -0.4 is 21.1 Å². The minimum atomic E-state index is -1.39. The first-order valence-corrected chi connectivity index (χ1v) is 11.5. The Morgan fingerprint density at radius 3 is 2.68 bits per heavy atom. The van der Waals surface area contributed by atoms with Crippen molar-refractivity contribution in [3.63, 3.8) is 0 Å². The third-order valence-corrected chi connectivity index (χ3v) is 5.96. The molecule has 186 valence electrons. The number of nitrogens with zero attached hydrogens (tertiary/aromatic N) is 2. The van der Waals surface area contributed by atoms with Gasteiger partial charge in [0.1, 0.15) is 23.0 Å². The number of carbonyl (C=O) groups is 2. The maximum atomic E-state index is 14.1. The Morgan fingerprint density at radius 2 is 1.97 bits per heavy atom. The Hall–Kier alpha value is -2.90. The summed E-state index contributed by atoms with van der Waals surface area (Å²) in [6, 6.07) is 0.271. The first-order chi connectivity index (χ1) is 16.3. The van der Waals surface area contributed by atoms with E-state index < -0.39 is 41.6 Å². The van der Waals surface area contributed by atoms with Crippen molar-refractivity contribution in [2.45, 2.75) is 26.4 Å². The van der Waals surface area contributed by atoms with E-state index in [-0.39, 0.29) is 22.0 Å². The minimum Gasteiger partial charge on any atom is -0.471 e. The molecule has 34 heavy (non-hydrogen) atoms. The van der Waals surface area contributed by atoms with Gasteiger partial charge in [0.15, 0.2) is 11.6 Å². The standard InChI is InChI=1S/C21H26F3N5O4S/c1-12-10-14(22)13(17(24)16(12)23)11-33-19-15(18(25)30)20(34-28-19)27-21(31)26-4-2-3-5-29-6-8-32-9-7-29/h10H,2-9,11H2,1H3,(H2,25,30)(H2,26,27,31). The zero-order valence-electron chi connectivity index (χ0n) is 18.6.